The fourth-order valence-corrected chi connectivity index (χ4v) is 4.45. The summed E-state index contributed by atoms with van der Waals surface area (Å²) >= 11 is 0. The first-order valence-corrected chi connectivity index (χ1v) is 9.64. The van der Waals surface area contributed by atoms with Crippen LogP contribution in [-0.4, -0.2) is 11.3 Å². The van der Waals surface area contributed by atoms with Gasteiger partial charge < -0.3 is 0 Å². The number of nitrogens with zero attached hydrogens (tertiary/aromatic N) is 1. The molecule has 1 heteroatoms. The standard InChI is InChI=1S/C21H39N/c1-9-17(7)19(8,11-3)18(10-2)22-21(14-6)16-15-20(21,12-4)13-5/h15-17H,9-14H2,1-8H3/t17-,19?,21?/m1/s1. The normalized spacial score (nSPS) is 28.1. The molecule has 0 fully saturated rings. The average molecular weight is 306 g/mol. The molecule has 0 saturated carbocycles. The van der Waals surface area contributed by atoms with Crippen LogP contribution in [0.15, 0.2) is 17.1 Å². The van der Waals surface area contributed by atoms with E-state index in [0.717, 1.165) is 12.8 Å². The molecular formula is C21H39N. The SMILES string of the molecule is CCC(=NC1(CC)C=CC1(CC)CC)C(C)(CC)[C@H](C)CC. The molecule has 3 atom stereocenters. The Hall–Kier alpha value is -0.590. The van der Waals surface area contributed by atoms with E-state index in [4.69, 9.17) is 4.99 Å². The van der Waals surface area contributed by atoms with Crippen LogP contribution in [0.1, 0.15) is 93.9 Å². The molecule has 2 unspecified atom stereocenters. The minimum atomic E-state index is 0.0474. The van der Waals surface area contributed by atoms with Gasteiger partial charge in [-0.25, -0.2) is 0 Å². The predicted molar refractivity (Wildman–Crippen MR) is 101 cm³/mol. The second kappa shape index (κ2) is 7.32. The third-order valence-electron chi connectivity index (χ3n) is 7.10. The quantitative estimate of drug-likeness (QED) is 0.327. The van der Waals surface area contributed by atoms with Gasteiger partial charge in [0, 0.05) is 16.5 Å². The van der Waals surface area contributed by atoms with Gasteiger partial charge in [-0.2, -0.15) is 0 Å². The molecule has 0 aromatic rings. The van der Waals surface area contributed by atoms with Crippen LogP contribution >= 0.6 is 0 Å². The Bertz CT molecular complexity index is 416. The van der Waals surface area contributed by atoms with Gasteiger partial charge in [0.15, 0.2) is 0 Å². The molecule has 1 nitrogen and oxygen atoms in total. The fourth-order valence-electron chi connectivity index (χ4n) is 4.45. The van der Waals surface area contributed by atoms with Crippen LogP contribution in [0.2, 0.25) is 0 Å². The van der Waals surface area contributed by atoms with E-state index >= 15 is 0 Å². The van der Waals surface area contributed by atoms with Crippen molar-refractivity contribution in [2.75, 3.05) is 0 Å². The maximum Gasteiger partial charge on any atom is 0.0874 e. The molecule has 128 valence electrons. The Morgan fingerprint density at radius 1 is 1.00 bits per heavy atom. The Balaban J connectivity index is 3.34. The maximum absolute atomic E-state index is 5.49. The van der Waals surface area contributed by atoms with E-state index in [-0.39, 0.29) is 16.4 Å². The van der Waals surface area contributed by atoms with Crippen molar-refractivity contribution in [3.63, 3.8) is 0 Å². The van der Waals surface area contributed by atoms with Crippen molar-refractivity contribution in [3.05, 3.63) is 12.2 Å². The topological polar surface area (TPSA) is 12.4 Å². The van der Waals surface area contributed by atoms with Gasteiger partial charge in [0.25, 0.3) is 0 Å². The highest BCUT2D eigenvalue weighted by atomic mass is 14.9. The molecule has 0 N–H and O–H groups in total. The predicted octanol–water partition coefficient (Wildman–Crippen LogP) is 6.82. The largest absolute Gasteiger partial charge is 0.282 e. The molecule has 1 aliphatic rings. The van der Waals surface area contributed by atoms with Crippen LogP contribution < -0.4 is 0 Å². The summed E-state index contributed by atoms with van der Waals surface area (Å²) in [6, 6.07) is 0. The Kier molecular flexibility index (Phi) is 6.47. The zero-order valence-electron chi connectivity index (χ0n) is 16.4. The highest BCUT2D eigenvalue weighted by molar-refractivity contribution is 5.90. The lowest BCUT2D eigenvalue weighted by Gasteiger charge is -2.52. The lowest BCUT2D eigenvalue weighted by Crippen LogP contribution is -2.51. The Morgan fingerprint density at radius 3 is 1.86 bits per heavy atom. The molecule has 0 amide bonds. The molecule has 22 heavy (non-hydrogen) atoms. The second-order valence-corrected chi connectivity index (χ2v) is 7.47. The van der Waals surface area contributed by atoms with E-state index < -0.39 is 0 Å². The molecule has 0 saturated heterocycles. The first-order valence-electron chi connectivity index (χ1n) is 9.64. The summed E-state index contributed by atoms with van der Waals surface area (Å²) in [6.45, 7) is 18.7. The summed E-state index contributed by atoms with van der Waals surface area (Å²) in [6.07, 6.45) is 11.8. The van der Waals surface area contributed by atoms with Crippen LogP contribution in [-0.2, 0) is 0 Å². The van der Waals surface area contributed by atoms with Gasteiger partial charge in [-0.1, -0.05) is 74.0 Å². The summed E-state index contributed by atoms with van der Waals surface area (Å²) in [7, 11) is 0. The Morgan fingerprint density at radius 2 is 1.59 bits per heavy atom. The van der Waals surface area contributed by atoms with Crippen molar-refractivity contribution >= 4 is 5.71 Å². The highest BCUT2D eigenvalue weighted by Gasteiger charge is 2.51. The maximum atomic E-state index is 5.49. The summed E-state index contributed by atoms with van der Waals surface area (Å²) in [5.74, 6) is 0.687. The van der Waals surface area contributed by atoms with Crippen molar-refractivity contribution < 1.29 is 0 Å². The van der Waals surface area contributed by atoms with Crippen molar-refractivity contribution in [1.29, 1.82) is 0 Å². The molecule has 0 heterocycles. The van der Waals surface area contributed by atoms with Gasteiger partial charge >= 0.3 is 0 Å². The molecule has 0 aliphatic heterocycles. The molecule has 0 spiro atoms. The molecule has 1 aliphatic carbocycles. The van der Waals surface area contributed by atoms with E-state index in [1.165, 1.54) is 31.4 Å². The number of aliphatic imine (C=N–C) groups is 1. The summed E-state index contributed by atoms with van der Waals surface area (Å²) in [5, 5.41) is 0. The minimum Gasteiger partial charge on any atom is -0.282 e. The fraction of sp³-hybridized carbons (Fsp3) is 0.857. The molecule has 0 radical (unpaired) electrons. The minimum absolute atomic E-state index is 0.0474. The number of hydrogen-bond acceptors (Lipinski definition) is 1. The summed E-state index contributed by atoms with van der Waals surface area (Å²) in [5.41, 5.74) is 2.02. The van der Waals surface area contributed by atoms with Crippen molar-refractivity contribution in [3.8, 4) is 0 Å². The van der Waals surface area contributed by atoms with Crippen molar-refractivity contribution in [2.24, 2.45) is 21.7 Å². The molecule has 0 aromatic carbocycles. The first kappa shape index (κ1) is 19.5. The average Bonchev–Trinajstić information content (AvgIpc) is 2.55. The summed E-state index contributed by atoms with van der Waals surface area (Å²) in [4.78, 5) is 5.49. The van der Waals surface area contributed by atoms with Crippen molar-refractivity contribution in [2.45, 2.75) is 99.5 Å². The number of hydrogen-bond donors (Lipinski definition) is 0. The van der Waals surface area contributed by atoms with Crippen LogP contribution in [0.5, 0.6) is 0 Å². The van der Waals surface area contributed by atoms with Gasteiger partial charge in [0.2, 0.25) is 0 Å². The molecule has 1 rings (SSSR count). The third kappa shape index (κ3) is 2.81. The molecule has 0 bridgehead atoms. The zero-order chi connectivity index (χ0) is 17.0. The zero-order valence-corrected chi connectivity index (χ0v) is 16.4. The Labute approximate surface area is 139 Å². The van der Waals surface area contributed by atoms with Gasteiger partial charge in [0.05, 0.1) is 5.54 Å². The summed E-state index contributed by atoms with van der Waals surface area (Å²) < 4.78 is 0. The molecule has 0 aromatic heterocycles. The van der Waals surface area contributed by atoms with Gasteiger partial charge in [-0.15, -0.1) is 0 Å². The van der Waals surface area contributed by atoms with E-state index in [2.05, 4.69) is 67.5 Å². The lowest BCUT2D eigenvalue weighted by molar-refractivity contribution is 0.165. The monoisotopic (exact) mass is 305 g/mol. The smallest absolute Gasteiger partial charge is 0.0874 e. The van der Waals surface area contributed by atoms with Crippen LogP contribution in [0.3, 0.4) is 0 Å². The highest BCUT2D eigenvalue weighted by Crippen LogP contribution is 2.53. The van der Waals surface area contributed by atoms with E-state index in [1.54, 1.807) is 0 Å². The van der Waals surface area contributed by atoms with E-state index in [9.17, 15) is 0 Å². The van der Waals surface area contributed by atoms with Crippen LogP contribution in [0, 0.1) is 16.7 Å². The van der Waals surface area contributed by atoms with Gasteiger partial charge in [-0.05, 0) is 38.0 Å². The van der Waals surface area contributed by atoms with Crippen molar-refractivity contribution in [1.82, 2.24) is 0 Å². The van der Waals surface area contributed by atoms with E-state index in [1.807, 2.05) is 0 Å². The second-order valence-electron chi connectivity index (χ2n) is 7.47. The van der Waals surface area contributed by atoms with Gasteiger partial charge in [0.1, 0.15) is 0 Å². The first-order chi connectivity index (χ1) is 10.3. The molecular weight excluding hydrogens is 266 g/mol. The van der Waals surface area contributed by atoms with Crippen LogP contribution in [0.4, 0.5) is 0 Å². The third-order valence-corrected chi connectivity index (χ3v) is 7.10. The van der Waals surface area contributed by atoms with E-state index in [0.29, 0.717) is 5.92 Å². The number of rotatable bonds is 9. The lowest BCUT2D eigenvalue weighted by atomic mass is 9.57. The van der Waals surface area contributed by atoms with Gasteiger partial charge in [-0.3, -0.25) is 4.99 Å². The van der Waals surface area contributed by atoms with Crippen LogP contribution in [0.25, 0.3) is 0 Å².